The van der Waals surface area contributed by atoms with E-state index >= 15 is 0 Å². The van der Waals surface area contributed by atoms with Crippen molar-refractivity contribution in [3.05, 3.63) is 61.6 Å². The fourth-order valence-corrected chi connectivity index (χ4v) is 2.43. The molecule has 1 amide bonds. The number of aromatic hydroxyl groups is 1. The molecule has 0 heterocycles. The normalized spacial score (nSPS) is 10.7. The molecule has 0 fully saturated rings. The number of aryl methyl sites for hydroxylation is 2. The van der Waals surface area contributed by atoms with E-state index in [9.17, 15) is 20.0 Å². The Morgan fingerprint density at radius 2 is 2.08 bits per heavy atom. The Morgan fingerprint density at radius 3 is 2.73 bits per heavy atom. The highest BCUT2D eigenvalue weighted by molar-refractivity contribution is 9.10. The van der Waals surface area contributed by atoms with Crippen LogP contribution in [0.3, 0.4) is 0 Å². The number of benzene rings is 2. The third-order valence-electron chi connectivity index (χ3n) is 3.53. The van der Waals surface area contributed by atoms with Crippen LogP contribution in [0.2, 0.25) is 0 Å². The van der Waals surface area contributed by atoms with Gasteiger partial charge in [0.25, 0.3) is 11.6 Å². The molecule has 0 aromatic heterocycles. The van der Waals surface area contributed by atoms with Crippen LogP contribution in [0.1, 0.15) is 16.7 Å². The number of carbonyl (C=O) groups excluding carboxylic acids is 1. The summed E-state index contributed by atoms with van der Waals surface area (Å²) in [6, 6.07) is 7.79. The fraction of sp³-hybridized carbons (Fsp3) is 0.176. The highest BCUT2D eigenvalue weighted by Gasteiger charge is 2.13. The zero-order chi connectivity index (χ0) is 19.3. The number of nitrogens with zero attached hydrogens (tertiary/aromatic N) is 2. The lowest BCUT2D eigenvalue weighted by Crippen LogP contribution is -2.24. The SMILES string of the molecule is Cc1ccc(OCC(=O)NN=Cc2cc([N+](=O)[O-])cc(Br)c2O)cc1C. The number of nitrogens with one attached hydrogen (secondary N) is 1. The molecule has 0 saturated heterocycles. The number of non-ortho nitro benzene ring substituents is 1. The lowest BCUT2D eigenvalue weighted by molar-refractivity contribution is -0.385. The van der Waals surface area contributed by atoms with E-state index in [1.807, 2.05) is 26.0 Å². The van der Waals surface area contributed by atoms with E-state index in [1.165, 1.54) is 6.07 Å². The first-order chi connectivity index (χ1) is 12.3. The standard InChI is InChI=1S/C17H16BrN3O5/c1-10-3-4-14(5-11(10)2)26-9-16(22)20-19-8-12-6-13(21(24)25)7-15(18)17(12)23/h3-8,23H,9H2,1-2H3,(H,20,22). The smallest absolute Gasteiger partial charge is 0.277 e. The summed E-state index contributed by atoms with van der Waals surface area (Å²) >= 11 is 3.02. The molecular weight excluding hydrogens is 406 g/mol. The molecule has 9 heteroatoms. The number of hydrogen-bond acceptors (Lipinski definition) is 6. The molecule has 26 heavy (non-hydrogen) atoms. The second-order valence-corrected chi connectivity index (χ2v) is 6.30. The average Bonchev–Trinajstić information content (AvgIpc) is 2.59. The van der Waals surface area contributed by atoms with Crippen LogP contribution in [0.4, 0.5) is 5.69 Å². The van der Waals surface area contributed by atoms with Crippen LogP contribution in [0.5, 0.6) is 11.5 Å². The van der Waals surface area contributed by atoms with Crippen LogP contribution in [0, 0.1) is 24.0 Å². The summed E-state index contributed by atoms with van der Waals surface area (Å²) in [7, 11) is 0. The van der Waals surface area contributed by atoms with Gasteiger partial charge in [-0.25, -0.2) is 5.43 Å². The summed E-state index contributed by atoms with van der Waals surface area (Å²) in [4.78, 5) is 22.0. The van der Waals surface area contributed by atoms with E-state index in [0.29, 0.717) is 5.75 Å². The van der Waals surface area contributed by atoms with E-state index < -0.39 is 10.8 Å². The lowest BCUT2D eigenvalue weighted by atomic mass is 10.1. The first kappa shape index (κ1) is 19.4. The minimum absolute atomic E-state index is 0.0847. The molecule has 136 valence electrons. The summed E-state index contributed by atoms with van der Waals surface area (Å²) in [5, 5.41) is 24.4. The van der Waals surface area contributed by atoms with Crippen molar-refractivity contribution in [1.29, 1.82) is 0 Å². The number of hydrazone groups is 1. The minimum Gasteiger partial charge on any atom is -0.506 e. The zero-order valence-electron chi connectivity index (χ0n) is 14.0. The molecule has 0 atom stereocenters. The molecule has 0 bridgehead atoms. The van der Waals surface area contributed by atoms with Gasteiger partial charge in [0.2, 0.25) is 0 Å². The zero-order valence-corrected chi connectivity index (χ0v) is 15.6. The number of halogens is 1. The summed E-state index contributed by atoms with van der Waals surface area (Å²) in [5.74, 6) is -0.170. The minimum atomic E-state index is -0.600. The van der Waals surface area contributed by atoms with Gasteiger partial charge >= 0.3 is 0 Å². The number of nitro groups is 1. The van der Waals surface area contributed by atoms with Crippen molar-refractivity contribution in [2.75, 3.05) is 6.61 Å². The van der Waals surface area contributed by atoms with Crippen LogP contribution in [0.25, 0.3) is 0 Å². The average molecular weight is 422 g/mol. The highest BCUT2D eigenvalue weighted by atomic mass is 79.9. The third kappa shape index (κ3) is 5.03. The number of hydrogen-bond donors (Lipinski definition) is 2. The van der Waals surface area contributed by atoms with E-state index in [-0.39, 0.29) is 28.1 Å². The topological polar surface area (TPSA) is 114 Å². The molecule has 0 unspecified atom stereocenters. The molecule has 8 nitrogen and oxygen atoms in total. The van der Waals surface area contributed by atoms with Gasteiger partial charge < -0.3 is 9.84 Å². The molecule has 0 aliphatic rings. The molecule has 2 rings (SSSR count). The molecule has 0 radical (unpaired) electrons. The number of ether oxygens (including phenoxy) is 1. The van der Waals surface area contributed by atoms with Crippen molar-refractivity contribution in [3.8, 4) is 11.5 Å². The van der Waals surface area contributed by atoms with E-state index in [2.05, 4.69) is 26.5 Å². The van der Waals surface area contributed by atoms with Gasteiger partial charge in [0.05, 0.1) is 15.6 Å². The Morgan fingerprint density at radius 1 is 1.35 bits per heavy atom. The van der Waals surface area contributed by atoms with E-state index in [4.69, 9.17) is 4.74 Å². The van der Waals surface area contributed by atoms with Crippen molar-refractivity contribution in [3.63, 3.8) is 0 Å². The maximum absolute atomic E-state index is 11.8. The number of amides is 1. The van der Waals surface area contributed by atoms with Gasteiger partial charge in [-0.15, -0.1) is 0 Å². The summed E-state index contributed by atoms with van der Waals surface area (Å²) in [6.07, 6.45) is 1.11. The van der Waals surface area contributed by atoms with Crippen molar-refractivity contribution >= 4 is 33.7 Å². The summed E-state index contributed by atoms with van der Waals surface area (Å²) in [6.45, 7) is 3.67. The molecule has 0 spiro atoms. The van der Waals surface area contributed by atoms with Gasteiger partial charge in [-0.2, -0.15) is 5.10 Å². The first-order valence-corrected chi connectivity index (χ1v) is 8.26. The Hall–Kier alpha value is -2.94. The van der Waals surface area contributed by atoms with Crippen molar-refractivity contribution in [2.24, 2.45) is 5.10 Å². The van der Waals surface area contributed by atoms with Gasteiger partial charge in [-0.05, 0) is 53.0 Å². The summed E-state index contributed by atoms with van der Waals surface area (Å²) in [5.41, 5.74) is 4.26. The second kappa shape index (κ2) is 8.43. The van der Waals surface area contributed by atoms with Crippen molar-refractivity contribution in [2.45, 2.75) is 13.8 Å². The maximum Gasteiger partial charge on any atom is 0.277 e. The molecule has 0 aliphatic heterocycles. The largest absolute Gasteiger partial charge is 0.506 e. The Kier molecular flexibility index (Phi) is 6.29. The predicted octanol–water partition coefficient (Wildman–Crippen LogP) is 3.21. The second-order valence-electron chi connectivity index (χ2n) is 5.45. The fourth-order valence-electron chi connectivity index (χ4n) is 1.97. The summed E-state index contributed by atoms with van der Waals surface area (Å²) < 4.78 is 5.52. The molecular formula is C17H16BrN3O5. The van der Waals surface area contributed by atoms with Gasteiger partial charge in [-0.1, -0.05) is 6.07 Å². The lowest BCUT2D eigenvalue weighted by Gasteiger charge is -2.07. The maximum atomic E-state index is 11.8. The van der Waals surface area contributed by atoms with Crippen LogP contribution < -0.4 is 10.2 Å². The molecule has 2 aromatic carbocycles. The van der Waals surface area contributed by atoms with Crippen molar-refractivity contribution < 1.29 is 19.6 Å². The Labute approximate surface area is 157 Å². The van der Waals surface area contributed by atoms with Gasteiger partial charge in [-0.3, -0.25) is 14.9 Å². The molecule has 0 aliphatic carbocycles. The molecule has 2 N–H and O–H groups in total. The van der Waals surface area contributed by atoms with Gasteiger partial charge in [0.15, 0.2) is 6.61 Å². The highest BCUT2D eigenvalue weighted by Crippen LogP contribution is 2.31. The van der Waals surface area contributed by atoms with Crippen LogP contribution >= 0.6 is 15.9 Å². The quantitative estimate of drug-likeness (QED) is 0.422. The van der Waals surface area contributed by atoms with Crippen molar-refractivity contribution in [1.82, 2.24) is 5.43 Å². The van der Waals surface area contributed by atoms with E-state index in [1.54, 1.807) is 6.07 Å². The Balaban J connectivity index is 1.96. The van der Waals surface area contributed by atoms with Crippen LogP contribution in [-0.4, -0.2) is 28.8 Å². The number of carbonyl (C=O) groups is 1. The third-order valence-corrected chi connectivity index (χ3v) is 4.13. The number of nitro benzene ring substituents is 1. The number of rotatable bonds is 6. The van der Waals surface area contributed by atoms with Crippen LogP contribution in [0.15, 0.2) is 39.9 Å². The number of phenolic OH excluding ortho intramolecular Hbond substituents is 1. The van der Waals surface area contributed by atoms with Gasteiger partial charge in [0, 0.05) is 17.7 Å². The predicted molar refractivity (Wildman–Crippen MR) is 99.6 cm³/mol. The molecule has 2 aromatic rings. The van der Waals surface area contributed by atoms with Crippen LogP contribution in [-0.2, 0) is 4.79 Å². The number of phenols is 1. The Bertz CT molecular complexity index is 883. The molecule has 0 saturated carbocycles. The first-order valence-electron chi connectivity index (χ1n) is 7.47. The van der Waals surface area contributed by atoms with Gasteiger partial charge in [0.1, 0.15) is 11.5 Å². The monoisotopic (exact) mass is 421 g/mol. The van der Waals surface area contributed by atoms with E-state index in [0.717, 1.165) is 23.4 Å².